The normalized spacial score (nSPS) is 27.9. The molecule has 3 atom stereocenters. The fraction of sp³-hybridized carbons (Fsp3) is 0.481. The van der Waals surface area contributed by atoms with E-state index in [0.717, 1.165) is 17.7 Å². The maximum atomic E-state index is 14.0. The zero-order chi connectivity index (χ0) is 29.0. The van der Waals surface area contributed by atoms with Crippen molar-refractivity contribution < 1.29 is 36.7 Å². The first kappa shape index (κ1) is 27.7. The molecule has 0 aromatic heterocycles. The monoisotopic (exact) mass is 563 g/mol. The summed E-state index contributed by atoms with van der Waals surface area (Å²) in [7, 11) is 1.48. The molecule has 13 heteroatoms. The Morgan fingerprint density at radius 1 is 1.18 bits per heavy atom. The number of carbonyl (C=O) groups excluding carboxylic acids is 4. The average molecular weight is 564 g/mol. The van der Waals surface area contributed by atoms with E-state index in [1.807, 2.05) is 6.92 Å². The summed E-state index contributed by atoms with van der Waals surface area (Å²) < 4.78 is 55.9. The van der Waals surface area contributed by atoms with E-state index >= 15 is 0 Å². The molecule has 0 bridgehead atoms. The number of nitrogens with one attached hydrogen (secondary N) is 3. The zero-order valence-corrected chi connectivity index (χ0v) is 22.0. The molecule has 1 aromatic carbocycles. The molecule has 4 aliphatic rings. The summed E-state index contributed by atoms with van der Waals surface area (Å²) in [6.07, 6.45) is -0.835. The Balaban J connectivity index is 1.38. The Hall–Kier alpha value is -3.90. The van der Waals surface area contributed by atoms with Crippen molar-refractivity contribution in [2.24, 2.45) is 5.41 Å². The van der Waals surface area contributed by atoms with Gasteiger partial charge in [0.1, 0.15) is 23.9 Å². The van der Waals surface area contributed by atoms with Crippen LogP contribution in [0.15, 0.2) is 41.6 Å². The summed E-state index contributed by atoms with van der Waals surface area (Å²) in [5.41, 5.74) is -0.0944. The number of benzene rings is 1. The van der Waals surface area contributed by atoms with Gasteiger partial charge >= 0.3 is 18.2 Å². The van der Waals surface area contributed by atoms with Crippen molar-refractivity contribution >= 4 is 23.9 Å². The van der Waals surface area contributed by atoms with E-state index in [1.165, 1.54) is 13.1 Å². The van der Waals surface area contributed by atoms with Gasteiger partial charge < -0.3 is 20.9 Å². The second kappa shape index (κ2) is 9.63. The van der Waals surface area contributed by atoms with Crippen molar-refractivity contribution in [1.82, 2.24) is 25.8 Å². The molecule has 40 heavy (non-hydrogen) atoms. The van der Waals surface area contributed by atoms with Gasteiger partial charge in [0.25, 0.3) is 5.91 Å². The smallest absolute Gasteiger partial charge is 0.341 e. The van der Waals surface area contributed by atoms with Crippen LogP contribution in [-0.2, 0) is 22.6 Å². The van der Waals surface area contributed by atoms with Crippen LogP contribution in [0, 0.1) is 11.2 Å². The topological polar surface area (TPSA) is 111 Å². The van der Waals surface area contributed by atoms with Crippen LogP contribution >= 0.6 is 0 Å². The molecule has 2 unspecified atom stereocenters. The van der Waals surface area contributed by atoms with Gasteiger partial charge in [-0.2, -0.15) is 13.2 Å². The highest BCUT2D eigenvalue weighted by molar-refractivity contribution is 6.10. The third kappa shape index (κ3) is 4.40. The van der Waals surface area contributed by atoms with E-state index < -0.39 is 72.4 Å². The predicted molar refractivity (Wildman–Crippen MR) is 134 cm³/mol. The summed E-state index contributed by atoms with van der Waals surface area (Å²) in [5, 5.41) is 7.90. The molecular formula is C27H29F4N5O4. The minimum absolute atomic E-state index is 0.0783. The maximum absolute atomic E-state index is 14.0. The lowest BCUT2D eigenvalue weighted by Crippen LogP contribution is -2.57. The molecule has 2 aliphatic carbocycles. The van der Waals surface area contributed by atoms with E-state index in [0.29, 0.717) is 39.5 Å². The minimum Gasteiger partial charge on any atom is -0.341 e. The molecule has 1 spiro atoms. The molecule has 6 amide bonds. The van der Waals surface area contributed by atoms with Crippen molar-refractivity contribution in [2.45, 2.75) is 63.3 Å². The molecule has 1 saturated heterocycles. The van der Waals surface area contributed by atoms with Gasteiger partial charge in [-0.3, -0.25) is 14.5 Å². The number of halogens is 4. The van der Waals surface area contributed by atoms with Crippen molar-refractivity contribution in [3.05, 3.63) is 58.6 Å². The van der Waals surface area contributed by atoms with E-state index in [9.17, 15) is 36.7 Å². The van der Waals surface area contributed by atoms with Gasteiger partial charge in [-0.15, -0.1) is 0 Å². The van der Waals surface area contributed by atoms with Crippen LogP contribution < -0.4 is 16.0 Å². The lowest BCUT2D eigenvalue weighted by atomic mass is 9.67. The molecule has 0 radical (unpaired) electrons. The average Bonchev–Trinajstić information content (AvgIpc) is 3.20. The Bertz CT molecular complexity index is 1360. The fourth-order valence-corrected chi connectivity index (χ4v) is 6.39. The summed E-state index contributed by atoms with van der Waals surface area (Å²) in [6.45, 7) is 0.529. The number of rotatable bonds is 3. The number of imide groups is 1. The molecule has 2 heterocycles. The lowest BCUT2D eigenvalue weighted by Gasteiger charge is -2.40. The van der Waals surface area contributed by atoms with Crippen molar-refractivity contribution in [3.63, 3.8) is 0 Å². The van der Waals surface area contributed by atoms with Gasteiger partial charge in [-0.1, -0.05) is 24.6 Å². The summed E-state index contributed by atoms with van der Waals surface area (Å²) in [5.74, 6) is -2.28. The number of urea groups is 2. The van der Waals surface area contributed by atoms with Crippen LogP contribution in [0.2, 0.25) is 0 Å². The third-order valence-corrected chi connectivity index (χ3v) is 8.70. The fourth-order valence-electron chi connectivity index (χ4n) is 6.39. The largest absolute Gasteiger partial charge is 0.408 e. The summed E-state index contributed by atoms with van der Waals surface area (Å²) in [6, 6.07) is 0.226. The van der Waals surface area contributed by atoms with Gasteiger partial charge in [0.2, 0.25) is 5.91 Å². The van der Waals surface area contributed by atoms with Gasteiger partial charge in [-0.25, -0.2) is 14.0 Å². The minimum atomic E-state index is -4.76. The molecule has 5 rings (SSSR count). The molecule has 3 N–H and O–H groups in total. The quantitative estimate of drug-likeness (QED) is 0.387. The number of carbonyl (C=O) groups is 4. The van der Waals surface area contributed by atoms with Crippen LogP contribution in [-0.4, -0.2) is 65.0 Å². The van der Waals surface area contributed by atoms with Gasteiger partial charge in [-0.05, 0) is 61.4 Å². The highest BCUT2D eigenvalue weighted by Crippen LogP contribution is 2.56. The second-order valence-electron chi connectivity index (χ2n) is 10.8. The van der Waals surface area contributed by atoms with Crippen molar-refractivity contribution in [3.8, 4) is 0 Å². The lowest BCUT2D eigenvalue weighted by molar-refractivity contribution is -0.192. The number of aryl methyl sites for hydroxylation is 1. The van der Waals surface area contributed by atoms with Crippen molar-refractivity contribution in [2.75, 3.05) is 13.6 Å². The second-order valence-corrected chi connectivity index (χ2v) is 10.8. The number of hydrogen-bond acceptors (Lipinski definition) is 4. The Morgan fingerprint density at radius 3 is 2.62 bits per heavy atom. The number of allylic oxidation sites excluding steroid dienone is 2. The molecule has 9 nitrogen and oxygen atoms in total. The van der Waals surface area contributed by atoms with E-state index in [2.05, 4.69) is 16.0 Å². The molecule has 1 aromatic rings. The summed E-state index contributed by atoms with van der Waals surface area (Å²) >= 11 is 0. The SMILES string of the molecule is CNC(=O)NC1=CCC2(C)C(=C1)CCC21NC(=O)N(CC(=O)N2Cc3ccc(F)cc3CC[C@H]2C(F)(F)F)C1=O. The molecule has 1 saturated carbocycles. The molecule has 2 aliphatic heterocycles. The van der Waals surface area contributed by atoms with Crippen LogP contribution in [0.4, 0.5) is 27.2 Å². The van der Waals surface area contributed by atoms with E-state index in [1.54, 1.807) is 12.2 Å². The van der Waals surface area contributed by atoms with Gasteiger partial charge in [0.15, 0.2) is 0 Å². The molecule has 2 fully saturated rings. The first-order valence-corrected chi connectivity index (χ1v) is 13.0. The number of fused-ring (bicyclic) bond motifs is 3. The third-order valence-electron chi connectivity index (χ3n) is 8.70. The predicted octanol–water partition coefficient (Wildman–Crippen LogP) is 3.27. The van der Waals surface area contributed by atoms with Crippen LogP contribution in [0.5, 0.6) is 0 Å². The van der Waals surface area contributed by atoms with Gasteiger partial charge in [0, 0.05) is 24.7 Å². The molecular weight excluding hydrogens is 534 g/mol. The van der Waals surface area contributed by atoms with Gasteiger partial charge in [0.05, 0.1) is 0 Å². The highest BCUT2D eigenvalue weighted by Gasteiger charge is 2.65. The van der Waals surface area contributed by atoms with E-state index in [4.69, 9.17) is 0 Å². The van der Waals surface area contributed by atoms with Crippen molar-refractivity contribution in [1.29, 1.82) is 0 Å². The zero-order valence-electron chi connectivity index (χ0n) is 22.0. The Morgan fingerprint density at radius 2 is 1.93 bits per heavy atom. The number of nitrogens with zero attached hydrogens (tertiary/aromatic N) is 2. The number of alkyl halides is 3. The number of hydrogen-bond donors (Lipinski definition) is 3. The maximum Gasteiger partial charge on any atom is 0.408 e. The Labute approximate surface area is 227 Å². The van der Waals surface area contributed by atoms with E-state index in [-0.39, 0.29) is 12.8 Å². The first-order valence-electron chi connectivity index (χ1n) is 13.0. The Kier molecular flexibility index (Phi) is 6.66. The van der Waals surface area contributed by atoms with Crippen LogP contribution in [0.25, 0.3) is 0 Å². The van der Waals surface area contributed by atoms with Crippen LogP contribution in [0.3, 0.4) is 0 Å². The standard InChI is InChI=1S/C27H29F4N5O4/c1-25-9-8-19(33-23(39)32-2)12-17(25)7-10-26(25)22(38)36(24(40)34-26)14-21(37)35-13-16-3-5-18(28)11-15(16)4-6-20(35)27(29,30)31/h3,5,8,11-12,20H,4,6-7,9-10,13-14H2,1-2H3,(H,34,40)(H2,32,33,39)/t20-,25?,26?/m0/s1. The highest BCUT2D eigenvalue weighted by atomic mass is 19.4. The first-order chi connectivity index (χ1) is 18.8. The number of amides is 6. The summed E-state index contributed by atoms with van der Waals surface area (Å²) in [4.78, 5) is 53.3. The molecule has 214 valence electrons. The van der Waals surface area contributed by atoms with Crippen LogP contribution in [0.1, 0.15) is 43.7 Å².